The van der Waals surface area contributed by atoms with Crippen molar-refractivity contribution in [3.05, 3.63) is 27.7 Å². The fourth-order valence-electron chi connectivity index (χ4n) is 2.86. The minimum Gasteiger partial charge on any atom is -0.481 e. The Labute approximate surface area is 137 Å². The smallest absolute Gasteiger partial charge is 0.307 e. The first-order valence-electron chi connectivity index (χ1n) is 6.91. The predicted molar refractivity (Wildman–Crippen MR) is 85.4 cm³/mol. The van der Waals surface area contributed by atoms with Crippen molar-refractivity contribution in [2.45, 2.75) is 26.2 Å². The monoisotopic (exact) mass is 373 g/mol. The molecule has 6 heteroatoms. The number of carboxylic acid groups (broad SMARTS) is 1. The van der Waals surface area contributed by atoms with Crippen LogP contribution < -0.4 is 5.32 Å². The van der Waals surface area contributed by atoms with Crippen molar-refractivity contribution < 1.29 is 14.7 Å². The molecule has 0 saturated heterocycles. The molecule has 0 aromatic heterocycles. The number of aliphatic carboxylic acids is 1. The van der Waals surface area contributed by atoms with E-state index in [4.69, 9.17) is 11.6 Å². The highest BCUT2D eigenvalue weighted by atomic mass is 79.9. The molecular formula is C15H17BrClNO3. The maximum atomic E-state index is 12.4. The van der Waals surface area contributed by atoms with Gasteiger partial charge in [-0.05, 0) is 37.0 Å². The molecule has 0 bridgehead atoms. The lowest BCUT2D eigenvalue weighted by Crippen LogP contribution is -2.30. The number of hydrogen-bond donors (Lipinski definition) is 2. The molecule has 1 saturated carbocycles. The minimum absolute atomic E-state index is 0.265. The number of carbonyl (C=O) groups excluding carboxylic acids is 1. The summed E-state index contributed by atoms with van der Waals surface area (Å²) >= 11 is 9.37. The number of halogens is 2. The molecule has 4 nitrogen and oxygen atoms in total. The number of carboxylic acids is 1. The van der Waals surface area contributed by atoms with E-state index in [1.807, 2.05) is 6.92 Å². The van der Waals surface area contributed by atoms with Crippen molar-refractivity contribution >= 4 is 45.1 Å². The zero-order chi connectivity index (χ0) is 15.6. The Bertz CT molecular complexity index is 564. The van der Waals surface area contributed by atoms with Crippen LogP contribution in [0.2, 0.25) is 5.02 Å². The summed E-state index contributed by atoms with van der Waals surface area (Å²) in [6.07, 6.45) is 2.08. The lowest BCUT2D eigenvalue weighted by molar-refractivity contribution is -0.145. The predicted octanol–water partition coefficient (Wildman–Crippen LogP) is 4.18. The number of hydrogen-bond acceptors (Lipinski definition) is 2. The number of benzene rings is 1. The van der Waals surface area contributed by atoms with Gasteiger partial charge in [0.05, 0.1) is 22.5 Å². The Morgan fingerprint density at radius 2 is 2.05 bits per heavy atom. The van der Waals surface area contributed by atoms with Gasteiger partial charge in [-0.2, -0.15) is 0 Å². The second kappa shape index (κ2) is 6.79. The summed E-state index contributed by atoms with van der Waals surface area (Å²) < 4.78 is 0.801. The van der Waals surface area contributed by atoms with Gasteiger partial charge in [0, 0.05) is 4.47 Å². The van der Waals surface area contributed by atoms with Crippen LogP contribution in [0.1, 0.15) is 26.2 Å². The zero-order valence-corrected chi connectivity index (χ0v) is 13.9. The Morgan fingerprint density at radius 1 is 1.38 bits per heavy atom. The third kappa shape index (κ3) is 3.77. The number of nitrogens with one attached hydrogen (secondary N) is 1. The van der Waals surface area contributed by atoms with E-state index >= 15 is 0 Å². The SMILES string of the molecule is CCC1CC(C(=O)O)C(C(=O)Nc2cc(Br)ccc2Cl)C1. The van der Waals surface area contributed by atoms with E-state index in [-0.39, 0.29) is 5.91 Å². The third-order valence-corrected chi connectivity index (χ3v) is 4.90. The minimum atomic E-state index is -0.897. The number of anilines is 1. The molecule has 1 fully saturated rings. The molecule has 1 amide bonds. The highest BCUT2D eigenvalue weighted by Gasteiger charge is 2.42. The summed E-state index contributed by atoms with van der Waals surface area (Å²) in [6, 6.07) is 5.17. The zero-order valence-electron chi connectivity index (χ0n) is 11.6. The van der Waals surface area contributed by atoms with Gasteiger partial charge >= 0.3 is 5.97 Å². The maximum absolute atomic E-state index is 12.4. The van der Waals surface area contributed by atoms with Gasteiger partial charge in [-0.3, -0.25) is 9.59 Å². The lowest BCUT2D eigenvalue weighted by atomic mass is 9.95. The Morgan fingerprint density at radius 3 is 2.67 bits per heavy atom. The summed E-state index contributed by atoms with van der Waals surface area (Å²) in [6.45, 7) is 2.02. The van der Waals surface area contributed by atoms with Gasteiger partial charge in [-0.25, -0.2) is 0 Å². The molecule has 0 heterocycles. The fraction of sp³-hybridized carbons (Fsp3) is 0.467. The van der Waals surface area contributed by atoms with Gasteiger partial charge in [0.15, 0.2) is 0 Å². The van der Waals surface area contributed by atoms with Gasteiger partial charge in [-0.1, -0.05) is 40.9 Å². The van der Waals surface area contributed by atoms with E-state index in [1.165, 1.54) is 0 Å². The van der Waals surface area contributed by atoms with E-state index in [0.717, 1.165) is 10.9 Å². The Balaban J connectivity index is 2.15. The number of rotatable bonds is 4. The van der Waals surface area contributed by atoms with Crippen molar-refractivity contribution in [3.63, 3.8) is 0 Å². The normalized spacial score (nSPS) is 24.8. The molecule has 0 radical (unpaired) electrons. The van der Waals surface area contributed by atoms with E-state index in [2.05, 4.69) is 21.2 Å². The van der Waals surface area contributed by atoms with Gasteiger partial charge < -0.3 is 10.4 Å². The van der Waals surface area contributed by atoms with Crippen molar-refractivity contribution in [1.29, 1.82) is 0 Å². The molecule has 2 N–H and O–H groups in total. The van der Waals surface area contributed by atoms with Gasteiger partial charge in [0.25, 0.3) is 0 Å². The topological polar surface area (TPSA) is 66.4 Å². The first-order chi connectivity index (χ1) is 9.92. The summed E-state index contributed by atoms with van der Waals surface area (Å²) in [5.41, 5.74) is 0.500. The first-order valence-corrected chi connectivity index (χ1v) is 8.08. The number of carbonyl (C=O) groups is 2. The average Bonchev–Trinajstić information content (AvgIpc) is 2.87. The maximum Gasteiger partial charge on any atom is 0.307 e. The third-order valence-electron chi connectivity index (χ3n) is 4.08. The molecular weight excluding hydrogens is 358 g/mol. The molecule has 0 aliphatic heterocycles. The van der Waals surface area contributed by atoms with Crippen LogP contribution >= 0.6 is 27.5 Å². The molecule has 114 valence electrons. The molecule has 1 aromatic rings. The van der Waals surface area contributed by atoms with Crippen molar-refractivity contribution in [2.24, 2.45) is 17.8 Å². The summed E-state index contributed by atoms with van der Waals surface area (Å²) in [7, 11) is 0. The molecule has 1 aliphatic carbocycles. The Kier molecular flexibility index (Phi) is 5.27. The molecule has 3 unspecified atom stereocenters. The van der Waals surface area contributed by atoms with Crippen LogP contribution in [0.3, 0.4) is 0 Å². The van der Waals surface area contributed by atoms with E-state index in [0.29, 0.717) is 29.5 Å². The van der Waals surface area contributed by atoms with Crippen molar-refractivity contribution in [1.82, 2.24) is 0 Å². The van der Waals surface area contributed by atoms with E-state index in [9.17, 15) is 14.7 Å². The second-order valence-corrected chi connectivity index (χ2v) is 6.73. The van der Waals surface area contributed by atoms with Crippen LogP contribution in [0, 0.1) is 17.8 Å². The van der Waals surface area contributed by atoms with Crippen LogP contribution in [0.5, 0.6) is 0 Å². The Hall–Kier alpha value is -1.07. The van der Waals surface area contributed by atoms with Gasteiger partial charge in [0.2, 0.25) is 5.91 Å². The highest BCUT2D eigenvalue weighted by molar-refractivity contribution is 9.10. The van der Waals surface area contributed by atoms with Crippen LogP contribution in [0.4, 0.5) is 5.69 Å². The standard InChI is InChI=1S/C15H17BrClNO3/c1-2-8-5-10(11(6-8)15(20)21)14(19)18-13-7-9(16)3-4-12(13)17/h3-4,7-8,10-11H,2,5-6H2,1H3,(H,18,19)(H,20,21). The van der Waals surface area contributed by atoms with Crippen LogP contribution in [-0.2, 0) is 9.59 Å². The largest absolute Gasteiger partial charge is 0.481 e. The molecule has 1 aromatic carbocycles. The van der Waals surface area contributed by atoms with Crippen LogP contribution in [-0.4, -0.2) is 17.0 Å². The van der Waals surface area contributed by atoms with E-state index < -0.39 is 17.8 Å². The molecule has 0 spiro atoms. The highest BCUT2D eigenvalue weighted by Crippen LogP contribution is 2.39. The lowest BCUT2D eigenvalue weighted by Gasteiger charge is -2.16. The van der Waals surface area contributed by atoms with E-state index in [1.54, 1.807) is 18.2 Å². The van der Waals surface area contributed by atoms with Gasteiger partial charge in [-0.15, -0.1) is 0 Å². The first kappa shape index (κ1) is 16.3. The molecule has 3 atom stereocenters. The molecule has 2 rings (SSSR count). The van der Waals surface area contributed by atoms with Crippen LogP contribution in [0.25, 0.3) is 0 Å². The van der Waals surface area contributed by atoms with Crippen molar-refractivity contribution in [2.75, 3.05) is 5.32 Å². The van der Waals surface area contributed by atoms with Gasteiger partial charge in [0.1, 0.15) is 0 Å². The number of amides is 1. The summed E-state index contributed by atoms with van der Waals surface area (Å²) in [5, 5.41) is 12.5. The summed E-state index contributed by atoms with van der Waals surface area (Å²) in [5.74, 6) is -1.98. The quantitative estimate of drug-likeness (QED) is 0.831. The fourth-order valence-corrected chi connectivity index (χ4v) is 3.38. The van der Waals surface area contributed by atoms with Crippen LogP contribution in [0.15, 0.2) is 22.7 Å². The molecule has 21 heavy (non-hydrogen) atoms. The average molecular weight is 375 g/mol. The molecule has 1 aliphatic rings. The second-order valence-electron chi connectivity index (χ2n) is 5.41. The summed E-state index contributed by atoms with van der Waals surface area (Å²) in [4.78, 5) is 23.7. The van der Waals surface area contributed by atoms with Crippen molar-refractivity contribution in [3.8, 4) is 0 Å².